The van der Waals surface area contributed by atoms with Gasteiger partial charge in [-0.25, -0.2) is 0 Å². The SMILES string of the molecule is C=CCNc1nc(NCC=C)nc(N2CCC(OC(=O)C(C)(C)C)CC2)n1. The average Bonchev–Trinajstić information content (AvgIpc) is 2.64. The minimum Gasteiger partial charge on any atom is -0.462 e. The lowest BCUT2D eigenvalue weighted by molar-refractivity contribution is -0.159. The Hall–Kier alpha value is -2.64. The molecule has 1 fully saturated rings. The highest BCUT2D eigenvalue weighted by molar-refractivity contribution is 5.75. The van der Waals surface area contributed by atoms with E-state index in [1.807, 2.05) is 20.8 Å². The molecule has 8 heteroatoms. The summed E-state index contributed by atoms with van der Waals surface area (Å²) in [4.78, 5) is 27.5. The van der Waals surface area contributed by atoms with Gasteiger partial charge in [-0.1, -0.05) is 12.2 Å². The van der Waals surface area contributed by atoms with Gasteiger partial charge in [0.25, 0.3) is 0 Å². The predicted octanol–water partition coefficient (Wildman–Crippen LogP) is 2.63. The highest BCUT2D eigenvalue weighted by Gasteiger charge is 2.29. The van der Waals surface area contributed by atoms with Crippen LogP contribution in [0.4, 0.5) is 17.8 Å². The van der Waals surface area contributed by atoms with E-state index in [4.69, 9.17) is 4.74 Å². The number of anilines is 3. The van der Waals surface area contributed by atoms with Gasteiger partial charge in [0.2, 0.25) is 17.8 Å². The van der Waals surface area contributed by atoms with Crippen LogP contribution in [0, 0.1) is 5.41 Å². The largest absolute Gasteiger partial charge is 0.462 e. The van der Waals surface area contributed by atoms with E-state index in [1.54, 1.807) is 12.2 Å². The quantitative estimate of drug-likeness (QED) is 0.530. The number of carbonyl (C=O) groups is 1. The molecule has 2 rings (SSSR count). The van der Waals surface area contributed by atoms with Crippen LogP contribution in [-0.4, -0.2) is 53.2 Å². The van der Waals surface area contributed by atoms with E-state index in [0.29, 0.717) is 44.0 Å². The van der Waals surface area contributed by atoms with Crippen molar-refractivity contribution in [3.05, 3.63) is 25.3 Å². The molecule has 1 aliphatic heterocycles. The monoisotopic (exact) mass is 374 g/mol. The standard InChI is InChI=1S/C19H30N6O2/c1-6-10-20-16-22-17(21-11-7-2)24-18(23-16)25-12-8-14(9-13-25)27-15(26)19(3,4)5/h6-7,14H,1-2,8-13H2,3-5H3,(H2,20,21,22,23,24). The number of esters is 1. The zero-order valence-corrected chi connectivity index (χ0v) is 16.5. The van der Waals surface area contributed by atoms with Gasteiger partial charge in [-0.05, 0) is 20.8 Å². The third-order valence-corrected chi connectivity index (χ3v) is 4.04. The Morgan fingerprint density at radius 3 is 2.07 bits per heavy atom. The summed E-state index contributed by atoms with van der Waals surface area (Å²) in [7, 11) is 0. The van der Waals surface area contributed by atoms with Gasteiger partial charge in [-0.15, -0.1) is 13.2 Å². The summed E-state index contributed by atoms with van der Waals surface area (Å²) in [5, 5.41) is 6.20. The van der Waals surface area contributed by atoms with E-state index in [9.17, 15) is 4.79 Å². The van der Waals surface area contributed by atoms with Crippen LogP contribution < -0.4 is 15.5 Å². The van der Waals surface area contributed by atoms with Crippen LogP contribution in [0.5, 0.6) is 0 Å². The first-order chi connectivity index (χ1) is 12.8. The normalized spacial score (nSPS) is 15.1. The number of aromatic nitrogens is 3. The molecule has 0 radical (unpaired) electrons. The summed E-state index contributed by atoms with van der Waals surface area (Å²) in [6, 6.07) is 0. The number of ether oxygens (including phenoxy) is 1. The summed E-state index contributed by atoms with van der Waals surface area (Å²) in [6.45, 7) is 15.5. The molecular formula is C19H30N6O2. The topological polar surface area (TPSA) is 92.3 Å². The first-order valence-corrected chi connectivity index (χ1v) is 9.25. The average molecular weight is 374 g/mol. The number of rotatable bonds is 8. The summed E-state index contributed by atoms with van der Waals surface area (Å²) in [6.07, 6.45) is 4.92. The second-order valence-electron chi connectivity index (χ2n) is 7.46. The number of hydrogen-bond donors (Lipinski definition) is 2. The van der Waals surface area contributed by atoms with E-state index in [-0.39, 0.29) is 12.1 Å². The van der Waals surface area contributed by atoms with E-state index >= 15 is 0 Å². The minimum absolute atomic E-state index is 0.0634. The Kier molecular flexibility index (Phi) is 7.15. The van der Waals surface area contributed by atoms with Crippen molar-refractivity contribution >= 4 is 23.8 Å². The number of piperidine rings is 1. The van der Waals surface area contributed by atoms with Gasteiger partial charge in [0.05, 0.1) is 5.41 Å². The molecule has 0 unspecified atom stereocenters. The zero-order chi connectivity index (χ0) is 19.9. The molecule has 0 bridgehead atoms. The van der Waals surface area contributed by atoms with Crippen molar-refractivity contribution in [2.45, 2.75) is 39.7 Å². The first kappa shape index (κ1) is 20.7. The van der Waals surface area contributed by atoms with Gasteiger partial charge in [0, 0.05) is 39.0 Å². The maximum Gasteiger partial charge on any atom is 0.311 e. The van der Waals surface area contributed by atoms with Crippen LogP contribution in [0.3, 0.4) is 0 Å². The third-order valence-electron chi connectivity index (χ3n) is 4.04. The van der Waals surface area contributed by atoms with Crippen molar-refractivity contribution in [3.8, 4) is 0 Å². The number of carbonyl (C=O) groups excluding carboxylic acids is 1. The van der Waals surface area contributed by atoms with Gasteiger partial charge in [-0.2, -0.15) is 15.0 Å². The van der Waals surface area contributed by atoms with E-state index < -0.39 is 5.41 Å². The molecule has 0 aromatic carbocycles. The molecular weight excluding hydrogens is 344 g/mol. The van der Waals surface area contributed by atoms with Crippen molar-refractivity contribution in [2.24, 2.45) is 5.41 Å². The van der Waals surface area contributed by atoms with Crippen LogP contribution in [0.1, 0.15) is 33.6 Å². The third kappa shape index (κ3) is 6.23. The Morgan fingerprint density at radius 1 is 1.11 bits per heavy atom. The fourth-order valence-corrected chi connectivity index (χ4v) is 2.49. The molecule has 27 heavy (non-hydrogen) atoms. The predicted molar refractivity (Wildman–Crippen MR) is 108 cm³/mol. The van der Waals surface area contributed by atoms with Gasteiger partial charge in [0.15, 0.2) is 0 Å². The molecule has 0 amide bonds. The van der Waals surface area contributed by atoms with Crippen molar-refractivity contribution in [2.75, 3.05) is 41.7 Å². The second kappa shape index (κ2) is 9.34. The molecule has 8 nitrogen and oxygen atoms in total. The Labute approximate surface area is 161 Å². The minimum atomic E-state index is -0.483. The fourth-order valence-electron chi connectivity index (χ4n) is 2.49. The summed E-state index contributed by atoms with van der Waals surface area (Å²) in [5.41, 5.74) is -0.483. The van der Waals surface area contributed by atoms with E-state index in [2.05, 4.69) is 43.6 Å². The van der Waals surface area contributed by atoms with Crippen LogP contribution >= 0.6 is 0 Å². The van der Waals surface area contributed by atoms with E-state index in [1.165, 1.54) is 0 Å². The van der Waals surface area contributed by atoms with Gasteiger partial charge in [0.1, 0.15) is 6.10 Å². The van der Waals surface area contributed by atoms with Gasteiger partial charge >= 0.3 is 5.97 Å². The number of nitrogens with one attached hydrogen (secondary N) is 2. The lowest BCUT2D eigenvalue weighted by Gasteiger charge is -2.33. The van der Waals surface area contributed by atoms with Crippen molar-refractivity contribution in [3.63, 3.8) is 0 Å². The van der Waals surface area contributed by atoms with Gasteiger partial charge in [-0.3, -0.25) is 4.79 Å². The highest BCUT2D eigenvalue weighted by atomic mass is 16.5. The first-order valence-electron chi connectivity index (χ1n) is 9.25. The molecule has 0 atom stereocenters. The Balaban J connectivity index is 2.03. The smallest absolute Gasteiger partial charge is 0.311 e. The molecule has 2 N–H and O–H groups in total. The molecule has 0 saturated carbocycles. The molecule has 1 aromatic rings. The fraction of sp³-hybridized carbons (Fsp3) is 0.579. The summed E-state index contributed by atoms with van der Waals surface area (Å²) < 4.78 is 5.63. The summed E-state index contributed by atoms with van der Waals surface area (Å²) >= 11 is 0. The van der Waals surface area contributed by atoms with Crippen molar-refractivity contribution < 1.29 is 9.53 Å². The molecule has 1 saturated heterocycles. The Morgan fingerprint density at radius 2 is 1.63 bits per heavy atom. The molecule has 0 spiro atoms. The molecule has 1 aliphatic rings. The van der Waals surface area contributed by atoms with Crippen molar-refractivity contribution in [1.82, 2.24) is 15.0 Å². The lowest BCUT2D eigenvalue weighted by Crippen LogP contribution is -2.40. The maximum atomic E-state index is 12.1. The molecule has 1 aromatic heterocycles. The highest BCUT2D eigenvalue weighted by Crippen LogP contribution is 2.23. The second-order valence-corrected chi connectivity index (χ2v) is 7.46. The molecule has 148 valence electrons. The van der Waals surface area contributed by atoms with Crippen LogP contribution in [0.25, 0.3) is 0 Å². The van der Waals surface area contributed by atoms with Crippen LogP contribution in [0.15, 0.2) is 25.3 Å². The number of hydrogen-bond acceptors (Lipinski definition) is 8. The summed E-state index contributed by atoms with van der Waals surface area (Å²) in [5.74, 6) is 1.43. The van der Waals surface area contributed by atoms with Crippen LogP contribution in [-0.2, 0) is 9.53 Å². The lowest BCUT2D eigenvalue weighted by atomic mass is 9.97. The maximum absolute atomic E-state index is 12.1. The molecule has 2 heterocycles. The Bertz CT molecular complexity index is 632. The number of nitrogens with zero attached hydrogens (tertiary/aromatic N) is 4. The van der Waals surface area contributed by atoms with Crippen LogP contribution in [0.2, 0.25) is 0 Å². The van der Waals surface area contributed by atoms with Crippen molar-refractivity contribution in [1.29, 1.82) is 0 Å². The zero-order valence-electron chi connectivity index (χ0n) is 16.5. The van der Waals surface area contributed by atoms with E-state index in [0.717, 1.165) is 12.8 Å². The molecule has 0 aliphatic carbocycles. The van der Waals surface area contributed by atoms with Gasteiger partial charge < -0.3 is 20.3 Å².